The fourth-order valence-electron chi connectivity index (χ4n) is 1.80. The first-order valence-electron chi connectivity index (χ1n) is 7.65. The summed E-state index contributed by atoms with van der Waals surface area (Å²) in [6, 6.07) is 3.08. The molecule has 1 aliphatic carbocycles. The highest BCUT2D eigenvalue weighted by Gasteiger charge is 2.30. The van der Waals surface area contributed by atoms with E-state index < -0.39 is 5.82 Å². The molecule has 2 rings (SSSR count). The monoisotopic (exact) mass is 294 g/mol. The van der Waals surface area contributed by atoms with Crippen molar-refractivity contribution in [3.8, 4) is 0 Å². The minimum Gasteiger partial charge on any atom is -0.325 e. The van der Waals surface area contributed by atoms with Gasteiger partial charge in [0.15, 0.2) is 0 Å². The SMILES string of the molecule is CC.CC.CC(=N)c1c(F)cc(C)cc1NC(=O)C1CC1. The van der Waals surface area contributed by atoms with Crippen molar-refractivity contribution in [3.63, 3.8) is 0 Å². The Morgan fingerprint density at radius 1 is 1.24 bits per heavy atom. The molecular formula is C17H27FN2O. The average Bonchev–Trinajstić information content (AvgIpc) is 3.26. The van der Waals surface area contributed by atoms with Gasteiger partial charge in [-0.05, 0) is 44.4 Å². The van der Waals surface area contributed by atoms with Gasteiger partial charge in [-0.15, -0.1) is 0 Å². The van der Waals surface area contributed by atoms with Crippen LogP contribution in [-0.2, 0) is 4.79 Å². The lowest BCUT2D eigenvalue weighted by Gasteiger charge is -2.12. The Kier molecular flexibility index (Phi) is 8.51. The van der Waals surface area contributed by atoms with Gasteiger partial charge in [0.25, 0.3) is 0 Å². The van der Waals surface area contributed by atoms with Crippen molar-refractivity contribution in [2.24, 2.45) is 5.92 Å². The lowest BCUT2D eigenvalue weighted by Crippen LogP contribution is -2.16. The van der Waals surface area contributed by atoms with Crippen LogP contribution in [0.25, 0.3) is 0 Å². The first-order chi connectivity index (χ1) is 9.99. The van der Waals surface area contributed by atoms with Crippen molar-refractivity contribution in [2.45, 2.75) is 54.4 Å². The zero-order chi connectivity index (χ0) is 16.6. The Balaban J connectivity index is 0.000000921. The molecule has 0 spiro atoms. The molecule has 3 nitrogen and oxygen atoms in total. The summed E-state index contributed by atoms with van der Waals surface area (Å²) < 4.78 is 13.7. The molecule has 0 aliphatic heterocycles. The highest BCUT2D eigenvalue weighted by Crippen LogP contribution is 2.31. The van der Waals surface area contributed by atoms with E-state index in [2.05, 4.69) is 5.32 Å². The van der Waals surface area contributed by atoms with Gasteiger partial charge in [0.1, 0.15) is 5.82 Å². The summed E-state index contributed by atoms with van der Waals surface area (Å²) in [4.78, 5) is 11.7. The maximum atomic E-state index is 13.7. The van der Waals surface area contributed by atoms with Crippen LogP contribution >= 0.6 is 0 Å². The topological polar surface area (TPSA) is 53.0 Å². The fraction of sp³-hybridized carbons (Fsp3) is 0.529. The molecule has 1 aromatic rings. The van der Waals surface area contributed by atoms with E-state index >= 15 is 0 Å². The molecule has 21 heavy (non-hydrogen) atoms. The van der Waals surface area contributed by atoms with Gasteiger partial charge in [0.2, 0.25) is 5.91 Å². The number of amides is 1. The van der Waals surface area contributed by atoms with Crippen LogP contribution in [0.1, 0.15) is 58.6 Å². The maximum absolute atomic E-state index is 13.7. The minimum absolute atomic E-state index is 0.0671. The number of halogens is 1. The highest BCUT2D eigenvalue weighted by atomic mass is 19.1. The summed E-state index contributed by atoms with van der Waals surface area (Å²) in [5.41, 5.74) is 1.45. The van der Waals surface area contributed by atoms with Crippen molar-refractivity contribution >= 4 is 17.3 Å². The second-order valence-electron chi connectivity index (χ2n) is 4.56. The number of carbonyl (C=O) groups excluding carboxylic acids is 1. The van der Waals surface area contributed by atoms with E-state index in [1.807, 2.05) is 27.7 Å². The van der Waals surface area contributed by atoms with Gasteiger partial charge in [0.05, 0.1) is 11.3 Å². The lowest BCUT2D eigenvalue weighted by molar-refractivity contribution is -0.117. The van der Waals surface area contributed by atoms with Crippen molar-refractivity contribution in [2.75, 3.05) is 5.32 Å². The molecule has 0 atom stereocenters. The molecule has 1 amide bonds. The molecule has 1 fully saturated rings. The van der Waals surface area contributed by atoms with Gasteiger partial charge >= 0.3 is 0 Å². The Labute approximate surface area is 127 Å². The van der Waals surface area contributed by atoms with Crippen molar-refractivity contribution in [1.29, 1.82) is 5.41 Å². The Hall–Kier alpha value is -1.71. The summed E-state index contributed by atoms with van der Waals surface area (Å²) in [5, 5.41) is 10.3. The molecule has 4 heteroatoms. The van der Waals surface area contributed by atoms with Gasteiger partial charge in [0, 0.05) is 11.6 Å². The van der Waals surface area contributed by atoms with E-state index in [1.165, 1.54) is 13.0 Å². The molecule has 0 aromatic heterocycles. The van der Waals surface area contributed by atoms with Gasteiger partial charge in [-0.1, -0.05) is 27.7 Å². The summed E-state index contributed by atoms with van der Waals surface area (Å²) in [6.45, 7) is 11.3. The highest BCUT2D eigenvalue weighted by molar-refractivity contribution is 6.06. The summed E-state index contributed by atoms with van der Waals surface area (Å²) in [5.74, 6) is -0.460. The number of carbonyl (C=O) groups is 1. The quantitative estimate of drug-likeness (QED) is 0.764. The first kappa shape index (κ1) is 19.3. The van der Waals surface area contributed by atoms with Crippen LogP contribution in [0.4, 0.5) is 10.1 Å². The zero-order valence-corrected chi connectivity index (χ0v) is 13.9. The fourth-order valence-corrected chi connectivity index (χ4v) is 1.80. The van der Waals surface area contributed by atoms with E-state index in [1.54, 1.807) is 13.0 Å². The Morgan fingerprint density at radius 2 is 1.76 bits per heavy atom. The van der Waals surface area contributed by atoms with Gasteiger partial charge in [-0.3, -0.25) is 4.79 Å². The molecule has 0 radical (unpaired) electrons. The number of aryl methyl sites for hydroxylation is 1. The summed E-state index contributed by atoms with van der Waals surface area (Å²) in [7, 11) is 0. The first-order valence-corrected chi connectivity index (χ1v) is 7.65. The normalized spacial score (nSPS) is 12.3. The molecule has 1 aliphatic rings. The third-order valence-corrected chi connectivity index (χ3v) is 2.82. The number of rotatable bonds is 3. The van der Waals surface area contributed by atoms with Crippen LogP contribution < -0.4 is 5.32 Å². The van der Waals surface area contributed by atoms with Gasteiger partial charge in [-0.25, -0.2) is 4.39 Å². The number of hydrogen-bond acceptors (Lipinski definition) is 2. The van der Waals surface area contributed by atoms with E-state index in [-0.39, 0.29) is 23.1 Å². The molecule has 0 saturated heterocycles. The van der Waals surface area contributed by atoms with E-state index in [4.69, 9.17) is 5.41 Å². The standard InChI is InChI=1S/C13H15FN2O.2C2H6/c1-7-5-10(14)12(8(2)15)11(6-7)16-13(17)9-3-4-9;2*1-2/h5-6,9,15H,3-4H2,1-2H3,(H,16,17);2*1-2H3. The number of anilines is 1. The Morgan fingerprint density at radius 3 is 2.19 bits per heavy atom. The lowest BCUT2D eigenvalue weighted by atomic mass is 10.0. The van der Waals surface area contributed by atoms with Gasteiger partial charge in [-0.2, -0.15) is 0 Å². The van der Waals surface area contributed by atoms with Gasteiger partial charge < -0.3 is 10.7 Å². The maximum Gasteiger partial charge on any atom is 0.227 e. The van der Waals surface area contributed by atoms with Crippen molar-refractivity contribution in [3.05, 3.63) is 29.1 Å². The smallest absolute Gasteiger partial charge is 0.227 e. The Bertz CT molecular complexity index is 494. The van der Waals surface area contributed by atoms with E-state index in [9.17, 15) is 9.18 Å². The molecule has 0 heterocycles. The molecule has 2 N–H and O–H groups in total. The van der Waals surface area contributed by atoms with Crippen LogP contribution in [0.3, 0.4) is 0 Å². The average molecular weight is 294 g/mol. The van der Waals surface area contributed by atoms with Crippen LogP contribution in [0.5, 0.6) is 0 Å². The van der Waals surface area contributed by atoms with Crippen molar-refractivity contribution in [1.82, 2.24) is 0 Å². The predicted octanol–water partition coefficient (Wildman–Crippen LogP) is 4.92. The van der Waals surface area contributed by atoms with Crippen LogP contribution in [-0.4, -0.2) is 11.6 Å². The van der Waals surface area contributed by atoms with Crippen LogP contribution in [0.15, 0.2) is 12.1 Å². The van der Waals surface area contributed by atoms with E-state index in [0.717, 1.165) is 18.4 Å². The molecular weight excluding hydrogens is 267 g/mol. The third-order valence-electron chi connectivity index (χ3n) is 2.82. The molecule has 0 bridgehead atoms. The predicted molar refractivity (Wildman–Crippen MR) is 87.7 cm³/mol. The third kappa shape index (κ3) is 5.66. The molecule has 1 saturated carbocycles. The molecule has 0 unspecified atom stereocenters. The summed E-state index contributed by atoms with van der Waals surface area (Å²) in [6.07, 6.45) is 1.80. The zero-order valence-electron chi connectivity index (χ0n) is 13.9. The van der Waals surface area contributed by atoms with Crippen LogP contribution in [0, 0.1) is 24.1 Å². The minimum atomic E-state index is -0.455. The summed E-state index contributed by atoms with van der Waals surface area (Å²) >= 11 is 0. The molecule has 118 valence electrons. The number of nitrogens with one attached hydrogen (secondary N) is 2. The van der Waals surface area contributed by atoms with E-state index in [0.29, 0.717) is 5.69 Å². The van der Waals surface area contributed by atoms with Crippen LogP contribution in [0.2, 0.25) is 0 Å². The largest absolute Gasteiger partial charge is 0.325 e. The number of benzene rings is 1. The second kappa shape index (κ2) is 9.27. The second-order valence-corrected chi connectivity index (χ2v) is 4.56. The number of hydrogen-bond donors (Lipinski definition) is 2. The molecule has 1 aromatic carbocycles. The van der Waals surface area contributed by atoms with Crippen molar-refractivity contribution < 1.29 is 9.18 Å².